The fraction of sp³-hybridized carbons (Fsp3) is 0.778. The highest BCUT2D eigenvalue weighted by Gasteiger charge is 2.00. The van der Waals surface area contributed by atoms with Gasteiger partial charge in [-0.1, -0.05) is 0 Å². The van der Waals surface area contributed by atoms with Gasteiger partial charge in [-0.05, 0) is 12.2 Å². The summed E-state index contributed by atoms with van der Waals surface area (Å²) in [6, 6.07) is -0.111. The van der Waals surface area contributed by atoms with Crippen LogP contribution in [0.1, 0.15) is 0 Å². The van der Waals surface area contributed by atoms with E-state index in [0.717, 1.165) is 0 Å². The Morgan fingerprint density at radius 1 is 1.19 bits per heavy atom. The van der Waals surface area contributed by atoms with Crippen molar-refractivity contribution in [1.82, 2.24) is 20.9 Å². The molecule has 3 N–H and O–H groups in total. The van der Waals surface area contributed by atoms with Gasteiger partial charge in [-0.25, -0.2) is 4.79 Å². The van der Waals surface area contributed by atoms with E-state index in [1.165, 1.54) is 4.90 Å². The number of thiocarbonyl (C=S) groups is 1. The van der Waals surface area contributed by atoms with E-state index >= 15 is 0 Å². The lowest BCUT2D eigenvalue weighted by Gasteiger charge is -2.13. The quantitative estimate of drug-likeness (QED) is 0.431. The molecule has 0 unspecified atom stereocenters. The van der Waals surface area contributed by atoms with Crippen molar-refractivity contribution in [3.63, 3.8) is 0 Å². The van der Waals surface area contributed by atoms with Gasteiger partial charge in [-0.2, -0.15) is 0 Å². The van der Waals surface area contributed by atoms with Crippen molar-refractivity contribution in [1.29, 1.82) is 0 Å². The summed E-state index contributed by atoms with van der Waals surface area (Å²) in [5.74, 6) is 0. The number of amides is 2. The highest BCUT2D eigenvalue weighted by atomic mass is 32.1. The Labute approximate surface area is 102 Å². The molecule has 2 amide bonds. The standard InChI is InChI=1S/C9H20N4O2S/c1-13(2)9(14)12-5-4-10-8(16)11-6-7-15-3/h4-7H2,1-3H3,(H,12,14)(H2,10,11,16). The zero-order valence-corrected chi connectivity index (χ0v) is 10.8. The van der Waals surface area contributed by atoms with Crippen molar-refractivity contribution in [2.45, 2.75) is 0 Å². The number of nitrogens with zero attached hydrogens (tertiary/aromatic N) is 1. The number of hydrogen-bond donors (Lipinski definition) is 3. The van der Waals surface area contributed by atoms with Crippen LogP contribution in [0.15, 0.2) is 0 Å². The van der Waals surface area contributed by atoms with Gasteiger partial charge in [0.05, 0.1) is 6.61 Å². The van der Waals surface area contributed by atoms with Crippen molar-refractivity contribution < 1.29 is 9.53 Å². The van der Waals surface area contributed by atoms with Crippen LogP contribution in [0.3, 0.4) is 0 Å². The van der Waals surface area contributed by atoms with E-state index in [1.807, 2.05) is 0 Å². The Morgan fingerprint density at radius 3 is 2.31 bits per heavy atom. The monoisotopic (exact) mass is 248 g/mol. The molecule has 0 aliphatic carbocycles. The third kappa shape index (κ3) is 8.25. The number of nitrogens with one attached hydrogen (secondary N) is 3. The number of hydrogen-bond acceptors (Lipinski definition) is 3. The van der Waals surface area contributed by atoms with Crippen LogP contribution in [0.2, 0.25) is 0 Å². The van der Waals surface area contributed by atoms with E-state index in [4.69, 9.17) is 17.0 Å². The second kappa shape index (κ2) is 9.17. The van der Waals surface area contributed by atoms with Gasteiger partial charge < -0.3 is 25.6 Å². The summed E-state index contributed by atoms with van der Waals surface area (Å²) in [7, 11) is 5.02. The number of urea groups is 1. The number of carbonyl (C=O) groups excluding carboxylic acids is 1. The number of ether oxygens (including phenoxy) is 1. The van der Waals surface area contributed by atoms with Crippen LogP contribution < -0.4 is 16.0 Å². The molecule has 94 valence electrons. The average molecular weight is 248 g/mol. The Hall–Kier alpha value is -1.08. The molecule has 0 heterocycles. The first-order valence-corrected chi connectivity index (χ1v) is 5.44. The Balaban J connectivity index is 3.37. The Bertz CT molecular complexity index is 224. The summed E-state index contributed by atoms with van der Waals surface area (Å²) in [6.45, 7) is 2.41. The lowest BCUT2D eigenvalue weighted by Crippen LogP contribution is -2.43. The molecule has 16 heavy (non-hydrogen) atoms. The van der Waals surface area contributed by atoms with Crippen molar-refractivity contribution in [3.8, 4) is 0 Å². The van der Waals surface area contributed by atoms with Gasteiger partial charge in [0.1, 0.15) is 0 Å². The van der Waals surface area contributed by atoms with Gasteiger partial charge in [0, 0.05) is 40.8 Å². The highest BCUT2D eigenvalue weighted by Crippen LogP contribution is 1.75. The van der Waals surface area contributed by atoms with Crippen LogP contribution in [0.5, 0.6) is 0 Å². The average Bonchev–Trinajstić information content (AvgIpc) is 2.24. The van der Waals surface area contributed by atoms with Crippen molar-refractivity contribution in [2.24, 2.45) is 0 Å². The molecule has 0 saturated carbocycles. The maximum atomic E-state index is 11.1. The number of rotatable bonds is 6. The molecule has 0 rings (SSSR count). The molecule has 0 aromatic carbocycles. The summed E-state index contributed by atoms with van der Waals surface area (Å²) in [6.07, 6.45) is 0. The lowest BCUT2D eigenvalue weighted by molar-refractivity contribution is 0.204. The van der Waals surface area contributed by atoms with Crippen LogP contribution in [-0.2, 0) is 4.74 Å². The molecular weight excluding hydrogens is 228 g/mol. The van der Waals surface area contributed by atoms with E-state index in [0.29, 0.717) is 31.4 Å². The van der Waals surface area contributed by atoms with E-state index < -0.39 is 0 Å². The van der Waals surface area contributed by atoms with Gasteiger partial charge in [0.25, 0.3) is 0 Å². The van der Waals surface area contributed by atoms with E-state index in [9.17, 15) is 4.79 Å². The molecule has 0 aromatic rings. The molecular formula is C9H20N4O2S. The summed E-state index contributed by atoms with van der Waals surface area (Å²) >= 11 is 5.00. The molecule has 0 radical (unpaired) electrons. The second-order valence-electron chi connectivity index (χ2n) is 3.30. The predicted molar refractivity (Wildman–Crippen MR) is 67.6 cm³/mol. The van der Waals surface area contributed by atoms with Gasteiger partial charge in [-0.15, -0.1) is 0 Å². The molecule has 0 fully saturated rings. The van der Waals surface area contributed by atoms with Crippen LogP contribution in [0, 0.1) is 0 Å². The zero-order valence-electron chi connectivity index (χ0n) is 10.0. The first kappa shape index (κ1) is 14.9. The Morgan fingerprint density at radius 2 is 1.75 bits per heavy atom. The van der Waals surface area contributed by atoms with Crippen LogP contribution in [0.4, 0.5) is 4.79 Å². The maximum Gasteiger partial charge on any atom is 0.316 e. The molecule has 0 saturated heterocycles. The molecule has 7 heteroatoms. The summed E-state index contributed by atoms with van der Waals surface area (Å²) < 4.78 is 4.86. The molecule has 6 nitrogen and oxygen atoms in total. The van der Waals surface area contributed by atoms with E-state index in [-0.39, 0.29) is 6.03 Å². The van der Waals surface area contributed by atoms with Crippen LogP contribution in [0.25, 0.3) is 0 Å². The van der Waals surface area contributed by atoms with Crippen molar-refractivity contribution in [2.75, 3.05) is 47.4 Å². The minimum atomic E-state index is -0.111. The smallest absolute Gasteiger partial charge is 0.316 e. The fourth-order valence-electron chi connectivity index (χ4n) is 0.833. The maximum absolute atomic E-state index is 11.1. The Kier molecular flexibility index (Phi) is 8.55. The number of carbonyl (C=O) groups is 1. The zero-order chi connectivity index (χ0) is 12.4. The van der Waals surface area contributed by atoms with E-state index in [2.05, 4.69) is 16.0 Å². The highest BCUT2D eigenvalue weighted by molar-refractivity contribution is 7.80. The number of methoxy groups -OCH3 is 1. The molecule has 0 atom stereocenters. The molecule has 0 aliphatic rings. The predicted octanol–water partition coefficient (Wildman–Crippen LogP) is -0.632. The largest absolute Gasteiger partial charge is 0.383 e. The van der Waals surface area contributed by atoms with Crippen LogP contribution in [-0.4, -0.2) is 63.5 Å². The summed E-state index contributed by atoms with van der Waals surface area (Å²) in [4.78, 5) is 12.6. The molecule has 0 bridgehead atoms. The normalized spacial score (nSPS) is 9.44. The van der Waals surface area contributed by atoms with Gasteiger partial charge in [0.2, 0.25) is 0 Å². The van der Waals surface area contributed by atoms with Crippen LogP contribution >= 0.6 is 12.2 Å². The molecule has 0 aromatic heterocycles. The van der Waals surface area contributed by atoms with Crippen molar-refractivity contribution >= 4 is 23.4 Å². The van der Waals surface area contributed by atoms with Gasteiger partial charge in [0.15, 0.2) is 5.11 Å². The lowest BCUT2D eigenvalue weighted by atomic mass is 10.6. The first-order chi connectivity index (χ1) is 7.57. The molecule has 0 spiro atoms. The van der Waals surface area contributed by atoms with Gasteiger partial charge in [-0.3, -0.25) is 0 Å². The third-order valence-corrected chi connectivity index (χ3v) is 1.97. The minimum Gasteiger partial charge on any atom is -0.383 e. The van der Waals surface area contributed by atoms with Gasteiger partial charge >= 0.3 is 6.03 Å². The van der Waals surface area contributed by atoms with Crippen molar-refractivity contribution in [3.05, 3.63) is 0 Å². The third-order valence-electron chi connectivity index (χ3n) is 1.68. The minimum absolute atomic E-state index is 0.111. The van der Waals surface area contributed by atoms with E-state index in [1.54, 1.807) is 21.2 Å². The topological polar surface area (TPSA) is 65.6 Å². The fourth-order valence-corrected chi connectivity index (χ4v) is 1.04. The summed E-state index contributed by atoms with van der Waals surface area (Å²) in [5, 5.41) is 9.22. The second-order valence-corrected chi connectivity index (χ2v) is 3.71. The molecule has 0 aliphatic heterocycles. The first-order valence-electron chi connectivity index (χ1n) is 5.03. The SMILES string of the molecule is COCCNC(=S)NCCNC(=O)N(C)C. The summed E-state index contributed by atoms with van der Waals surface area (Å²) in [5.41, 5.74) is 0.